The van der Waals surface area contributed by atoms with Crippen molar-refractivity contribution in [2.24, 2.45) is 0 Å². The molecule has 202 valence electrons. The summed E-state index contributed by atoms with van der Waals surface area (Å²) in [6.45, 7) is 3.55. The average molecular weight is 566 g/mol. The van der Waals surface area contributed by atoms with Crippen LogP contribution in [0.15, 0.2) is 66.7 Å². The van der Waals surface area contributed by atoms with Gasteiger partial charge in [-0.3, -0.25) is 9.59 Å². The number of rotatable bonds is 9. The molecule has 0 aliphatic carbocycles. The monoisotopic (exact) mass is 564 g/mol. The minimum absolute atomic E-state index is 0.154. The van der Waals surface area contributed by atoms with Crippen molar-refractivity contribution in [2.45, 2.75) is 31.9 Å². The summed E-state index contributed by atoms with van der Waals surface area (Å²) in [6, 6.07) is 21.7. The molecule has 0 aromatic heterocycles. The van der Waals surface area contributed by atoms with Gasteiger partial charge in [-0.1, -0.05) is 59.6 Å². The molecule has 2 atom stereocenters. The number of aliphatic hydroxyl groups is 1. The van der Waals surface area contributed by atoms with Crippen LogP contribution >= 0.6 is 23.2 Å². The van der Waals surface area contributed by atoms with E-state index in [4.69, 9.17) is 23.2 Å². The van der Waals surface area contributed by atoms with Gasteiger partial charge in [-0.15, -0.1) is 0 Å². The van der Waals surface area contributed by atoms with Crippen LogP contribution < -0.4 is 5.32 Å². The van der Waals surface area contributed by atoms with Crippen LogP contribution in [-0.4, -0.2) is 59.0 Å². The zero-order valence-electron chi connectivity index (χ0n) is 21.6. The third-order valence-electron chi connectivity index (χ3n) is 6.86. The van der Waals surface area contributed by atoms with Crippen LogP contribution in [0.2, 0.25) is 10.0 Å². The molecule has 3 aromatic carbocycles. The number of amides is 2. The highest BCUT2D eigenvalue weighted by atomic mass is 35.5. The van der Waals surface area contributed by atoms with E-state index >= 15 is 0 Å². The third-order valence-corrected chi connectivity index (χ3v) is 7.29. The van der Waals surface area contributed by atoms with Gasteiger partial charge in [0.1, 0.15) is 6.54 Å². The molecule has 0 saturated carbocycles. The number of β-amino-alcohol motifs (C(OH)–C–C–N with tert-alkyl or cyclic N) is 1. The van der Waals surface area contributed by atoms with Gasteiger partial charge in [-0.2, -0.15) is 5.26 Å². The van der Waals surface area contributed by atoms with Crippen molar-refractivity contribution in [2.75, 3.05) is 31.5 Å². The highest BCUT2D eigenvalue weighted by Crippen LogP contribution is 2.27. The number of carbonyl (C=O) groups excluding carboxylic acids is 2. The number of nitrogens with one attached hydrogen (secondary N) is 1. The molecule has 9 heteroatoms. The van der Waals surface area contributed by atoms with Crippen molar-refractivity contribution >= 4 is 40.7 Å². The molecule has 1 heterocycles. The predicted molar refractivity (Wildman–Crippen MR) is 153 cm³/mol. The van der Waals surface area contributed by atoms with Crippen LogP contribution in [0.5, 0.6) is 0 Å². The molecule has 7 nitrogen and oxygen atoms in total. The average Bonchev–Trinajstić information content (AvgIpc) is 3.34. The van der Waals surface area contributed by atoms with Gasteiger partial charge in [0, 0.05) is 41.8 Å². The number of carbonyl (C=O) groups is 2. The number of halogens is 2. The summed E-state index contributed by atoms with van der Waals surface area (Å²) >= 11 is 12.1. The van der Waals surface area contributed by atoms with E-state index in [0.29, 0.717) is 40.8 Å². The second kappa shape index (κ2) is 13.1. The lowest BCUT2D eigenvalue weighted by Gasteiger charge is -2.30. The second-order valence-corrected chi connectivity index (χ2v) is 10.6. The minimum Gasteiger partial charge on any atom is -0.392 e. The zero-order valence-corrected chi connectivity index (χ0v) is 23.1. The van der Waals surface area contributed by atoms with E-state index in [1.807, 2.05) is 49.4 Å². The fourth-order valence-corrected chi connectivity index (χ4v) is 5.26. The standard InChI is InChI=1S/C30H30Cl2N4O3/c1-20(22-5-7-23(8-6-22)24-4-2-3-21(13-24)17-33)36(30(39)10-12-35-11-9-28(37)18-35)19-29(38)34-27-15-25(31)14-26(32)16-27/h2-8,13-16,20,28,37H,9-12,18-19H2,1H3,(H,34,38)/t20-,28-/m1/s1. The summed E-state index contributed by atoms with van der Waals surface area (Å²) < 4.78 is 0. The first-order valence-electron chi connectivity index (χ1n) is 12.8. The molecule has 0 radical (unpaired) electrons. The van der Waals surface area contributed by atoms with E-state index in [1.54, 1.807) is 29.2 Å². The lowest BCUT2D eigenvalue weighted by atomic mass is 9.99. The summed E-state index contributed by atoms with van der Waals surface area (Å²) in [4.78, 5) is 30.1. The smallest absolute Gasteiger partial charge is 0.244 e. The van der Waals surface area contributed by atoms with Crippen molar-refractivity contribution in [3.63, 3.8) is 0 Å². The topological polar surface area (TPSA) is 96.7 Å². The number of nitriles is 1. The lowest BCUT2D eigenvalue weighted by molar-refractivity contribution is -0.137. The summed E-state index contributed by atoms with van der Waals surface area (Å²) in [7, 11) is 0. The molecular weight excluding hydrogens is 535 g/mol. The first kappa shape index (κ1) is 28.6. The number of likely N-dealkylation sites (tertiary alicyclic amines) is 1. The van der Waals surface area contributed by atoms with Crippen LogP contribution in [0.1, 0.15) is 36.9 Å². The van der Waals surface area contributed by atoms with E-state index < -0.39 is 0 Å². The number of anilines is 1. The molecule has 0 spiro atoms. The van der Waals surface area contributed by atoms with Crippen LogP contribution in [0, 0.1) is 11.3 Å². The number of hydrogen-bond donors (Lipinski definition) is 2. The fourth-order valence-electron chi connectivity index (χ4n) is 4.74. The molecule has 0 bridgehead atoms. The Morgan fingerprint density at radius 2 is 1.82 bits per heavy atom. The van der Waals surface area contributed by atoms with Gasteiger partial charge in [-0.05, 0) is 60.4 Å². The van der Waals surface area contributed by atoms with E-state index in [1.165, 1.54) is 0 Å². The van der Waals surface area contributed by atoms with Crippen molar-refractivity contribution in [3.05, 3.63) is 87.9 Å². The highest BCUT2D eigenvalue weighted by Gasteiger charge is 2.26. The number of nitrogens with zero attached hydrogens (tertiary/aromatic N) is 3. The number of benzene rings is 3. The Labute approximate surface area is 238 Å². The van der Waals surface area contributed by atoms with Gasteiger partial charge >= 0.3 is 0 Å². The molecule has 1 saturated heterocycles. The summed E-state index contributed by atoms with van der Waals surface area (Å²) in [5.74, 6) is -0.524. The Morgan fingerprint density at radius 1 is 1.10 bits per heavy atom. The molecule has 0 unspecified atom stereocenters. The molecule has 1 aliphatic heterocycles. The van der Waals surface area contributed by atoms with Gasteiger partial charge in [0.25, 0.3) is 0 Å². The molecule has 39 heavy (non-hydrogen) atoms. The van der Waals surface area contributed by atoms with Gasteiger partial charge < -0.3 is 20.2 Å². The molecule has 2 N–H and O–H groups in total. The summed E-state index contributed by atoms with van der Waals surface area (Å²) in [5, 5.41) is 22.6. The first-order chi connectivity index (χ1) is 18.7. The molecule has 1 fully saturated rings. The Bertz CT molecular complexity index is 1350. The van der Waals surface area contributed by atoms with Crippen LogP contribution in [0.25, 0.3) is 11.1 Å². The van der Waals surface area contributed by atoms with E-state index in [9.17, 15) is 20.0 Å². The predicted octanol–water partition coefficient (Wildman–Crippen LogP) is 5.52. The highest BCUT2D eigenvalue weighted by molar-refractivity contribution is 6.35. The van der Waals surface area contributed by atoms with Gasteiger partial charge in [-0.25, -0.2) is 0 Å². The Morgan fingerprint density at radius 3 is 2.46 bits per heavy atom. The Hall–Kier alpha value is -3.41. The van der Waals surface area contributed by atoms with Gasteiger partial charge in [0.15, 0.2) is 0 Å². The Balaban J connectivity index is 1.51. The van der Waals surface area contributed by atoms with Crippen LogP contribution in [-0.2, 0) is 9.59 Å². The molecule has 1 aliphatic rings. The number of hydrogen-bond acceptors (Lipinski definition) is 5. The largest absolute Gasteiger partial charge is 0.392 e. The fraction of sp³-hybridized carbons (Fsp3) is 0.300. The first-order valence-corrected chi connectivity index (χ1v) is 13.5. The maximum atomic E-state index is 13.4. The van der Waals surface area contributed by atoms with E-state index in [2.05, 4.69) is 16.3 Å². The maximum Gasteiger partial charge on any atom is 0.244 e. The van der Waals surface area contributed by atoms with E-state index in [-0.39, 0.29) is 36.9 Å². The molecular formula is C30H30Cl2N4O3. The molecule has 2 amide bonds. The SMILES string of the molecule is C[C@H](c1ccc(-c2cccc(C#N)c2)cc1)N(CC(=O)Nc1cc(Cl)cc(Cl)c1)C(=O)CCN1CC[C@@H](O)C1. The van der Waals surface area contributed by atoms with Crippen LogP contribution in [0.3, 0.4) is 0 Å². The second-order valence-electron chi connectivity index (χ2n) is 9.71. The van der Waals surface area contributed by atoms with E-state index in [0.717, 1.165) is 23.2 Å². The third kappa shape index (κ3) is 7.81. The summed E-state index contributed by atoms with van der Waals surface area (Å²) in [5.41, 5.74) is 3.78. The van der Waals surface area contributed by atoms with Crippen molar-refractivity contribution in [1.82, 2.24) is 9.80 Å². The lowest BCUT2D eigenvalue weighted by Crippen LogP contribution is -2.41. The maximum absolute atomic E-state index is 13.4. The van der Waals surface area contributed by atoms with Gasteiger partial charge in [0.05, 0.1) is 23.8 Å². The zero-order chi connectivity index (χ0) is 27.9. The van der Waals surface area contributed by atoms with Crippen molar-refractivity contribution in [1.29, 1.82) is 5.26 Å². The van der Waals surface area contributed by atoms with Crippen molar-refractivity contribution in [3.8, 4) is 17.2 Å². The number of aliphatic hydroxyl groups excluding tert-OH is 1. The molecule has 4 rings (SSSR count). The normalized spacial score (nSPS) is 15.9. The quantitative estimate of drug-likeness (QED) is 0.357. The minimum atomic E-state index is -0.380. The van der Waals surface area contributed by atoms with Crippen molar-refractivity contribution < 1.29 is 14.7 Å². The Kier molecular flexibility index (Phi) is 9.60. The van der Waals surface area contributed by atoms with Gasteiger partial charge in [0.2, 0.25) is 11.8 Å². The molecule has 3 aromatic rings. The summed E-state index contributed by atoms with van der Waals surface area (Å²) in [6.07, 6.45) is 0.562. The van der Waals surface area contributed by atoms with Crippen LogP contribution in [0.4, 0.5) is 5.69 Å².